The number of nitrogens with one attached hydrogen (secondary N) is 1. The minimum absolute atomic E-state index is 0.00124. The van der Waals surface area contributed by atoms with Gasteiger partial charge in [-0.3, -0.25) is 8.32 Å². The highest BCUT2D eigenvalue weighted by molar-refractivity contribution is 14.1. The Morgan fingerprint density at radius 1 is 1.36 bits per heavy atom. The number of amides is 1. The molecule has 0 aliphatic carbocycles. The van der Waals surface area contributed by atoms with Crippen LogP contribution in [0.2, 0.25) is 0 Å². The Morgan fingerprint density at radius 2 is 2.07 bits per heavy atom. The maximum atomic E-state index is 10.8. The number of carbonyl (C=O) groups excluding carboxylic acids is 1. The summed E-state index contributed by atoms with van der Waals surface area (Å²) in [6.07, 6.45) is 0.412. The molecule has 1 aromatic carbocycles. The Hall–Kier alpha value is -0.620. The summed E-state index contributed by atoms with van der Waals surface area (Å²) in [5.41, 5.74) is 1.13. The second-order valence-corrected chi connectivity index (χ2v) is 3.35. The SMILES string of the molecule is O=C(CCOCc1ccccc1)NI. The van der Waals surface area contributed by atoms with E-state index in [0.29, 0.717) is 19.6 Å². The lowest BCUT2D eigenvalue weighted by atomic mass is 10.2. The number of hydrogen-bond donors (Lipinski definition) is 1. The van der Waals surface area contributed by atoms with E-state index >= 15 is 0 Å². The van der Waals surface area contributed by atoms with Crippen LogP contribution in [-0.4, -0.2) is 12.5 Å². The van der Waals surface area contributed by atoms with E-state index in [-0.39, 0.29) is 5.91 Å². The zero-order valence-corrected chi connectivity index (χ0v) is 9.86. The van der Waals surface area contributed by atoms with Crippen molar-refractivity contribution in [2.75, 3.05) is 6.61 Å². The summed E-state index contributed by atoms with van der Waals surface area (Å²) in [6.45, 7) is 1.03. The summed E-state index contributed by atoms with van der Waals surface area (Å²) < 4.78 is 7.84. The first-order chi connectivity index (χ1) is 6.83. The number of rotatable bonds is 5. The first kappa shape index (κ1) is 11.5. The van der Waals surface area contributed by atoms with Crippen molar-refractivity contribution in [3.63, 3.8) is 0 Å². The quantitative estimate of drug-likeness (QED) is 0.514. The molecule has 1 rings (SSSR count). The number of benzene rings is 1. The normalized spacial score (nSPS) is 9.79. The summed E-state index contributed by atoms with van der Waals surface area (Å²) >= 11 is 1.82. The predicted octanol–water partition coefficient (Wildman–Crippen LogP) is 2.06. The van der Waals surface area contributed by atoms with E-state index in [4.69, 9.17) is 4.74 Å². The maximum absolute atomic E-state index is 10.8. The first-order valence-electron chi connectivity index (χ1n) is 4.34. The van der Waals surface area contributed by atoms with Gasteiger partial charge < -0.3 is 4.74 Å². The number of carbonyl (C=O) groups is 1. The highest BCUT2D eigenvalue weighted by Crippen LogP contribution is 2.00. The Morgan fingerprint density at radius 3 is 2.71 bits per heavy atom. The monoisotopic (exact) mass is 305 g/mol. The average molecular weight is 305 g/mol. The van der Waals surface area contributed by atoms with Gasteiger partial charge in [0.2, 0.25) is 5.91 Å². The summed E-state index contributed by atoms with van der Waals surface area (Å²) in [5.74, 6) is -0.00124. The van der Waals surface area contributed by atoms with Gasteiger partial charge in [0, 0.05) is 0 Å². The van der Waals surface area contributed by atoms with Crippen molar-refractivity contribution < 1.29 is 9.53 Å². The summed E-state index contributed by atoms with van der Waals surface area (Å²) in [5, 5.41) is 0. The molecule has 0 heterocycles. The maximum Gasteiger partial charge on any atom is 0.230 e. The molecule has 4 heteroatoms. The van der Waals surface area contributed by atoms with E-state index in [0.717, 1.165) is 5.56 Å². The third-order valence-electron chi connectivity index (χ3n) is 1.69. The van der Waals surface area contributed by atoms with Gasteiger partial charge in [-0.05, 0) is 5.56 Å². The van der Waals surface area contributed by atoms with Crippen molar-refractivity contribution in [2.45, 2.75) is 13.0 Å². The van der Waals surface area contributed by atoms with Gasteiger partial charge in [0.1, 0.15) is 0 Å². The lowest BCUT2D eigenvalue weighted by Gasteiger charge is -2.02. The van der Waals surface area contributed by atoms with Crippen LogP contribution in [0.4, 0.5) is 0 Å². The number of halogens is 1. The highest BCUT2D eigenvalue weighted by Gasteiger charge is 1.98. The molecule has 76 valence electrons. The molecule has 0 saturated heterocycles. The average Bonchev–Trinajstić information content (AvgIpc) is 2.25. The van der Waals surface area contributed by atoms with Crippen LogP contribution in [-0.2, 0) is 16.1 Å². The molecule has 0 saturated carbocycles. The zero-order valence-electron chi connectivity index (χ0n) is 7.70. The Labute approximate surface area is 97.3 Å². The largest absolute Gasteiger partial charge is 0.376 e. The smallest absolute Gasteiger partial charge is 0.230 e. The molecule has 0 radical (unpaired) electrons. The van der Waals surface area contributed by atoms with Crippen molar-refractivity contribution in [1.29, 1.82) is 0 Å². The topological polar surface area (TPSA) is 38.3 Å². The predicted molar refractivity (Wildman–Crippen MR) is 62.9 cm³/mol. The van der Waals surface area contributed by atoms with Crippen molar-refractivity contribution in [2.24, 2.45) is 0 Å². The fourth-order valence-electron chi connectivity index (χ4n) is 0.976. The molecule has 14 heavy (non-hydrogen) atoms. The van der Waals surface area contributed by atoms with E-state index in [9.17, 15) is 4.79 Å². The lowest BCUT2D eigenvalue weighted by molar-refractivity contribution is -0.119. The highest BCUT2D eigenvalue weighted by atomic mass is 127. The summed E-state index contributed by atoms with van der Waals surface area (Å²) in [6, 6.07) is 9.90. The van der Waals surface area contributed by atoms with Crippen LogP contribution < -0.4 is 3.53 Å². The van der Waals surface area contributed by atoms with E-state index < -0.39 is 0 Å². The van der Waals surface area contributed by atoms with Crippen LogP contribution >= 0.6 is 22.9 Å². The van der Waals surface area contributed by atoms with Gasteiger partial charge in [-0.1, -0.05) is 30.3 Å². The van der Waals surface area contributed by atoms with Crippen LogP contribution in [0.25, 0.3) is 0 Å². The minimum Gasteiger partial charge on any atom is -0.376 e. The molecule has 1 amide bonds. The van der Waals surface area contributed by atoms with E-state index in [1.54, 1.807) is 0 Å². The van der Waals surface area contributed by atoms with Crippen LogP contribution in [0.1, 0.15) is 12.0 Å². The lowest BCUT2D eigenvalue weighted by Crippen LogP contribution is -2.13. The number of hydrogen-bond acceptors (Lipinski definition) is 2. The second kappa shape index (κ2) is 6.78. The second-order valence-electron chi connectivity index (χ2n) is 2.81. The van der Waals surface area contributed by atoms with Crippen molar-refractivity contribution in [3.8, 4) is 0 Å². The molecule has 0 fully saturated rings. The molecule has 3 nitrogen and oxygen atoms in total. The Balaban J connectivity index is 2.13. The molecule has 0 bridgehead atoms. The summed E-state index contributed by atoms with van der Waals surface area (Å²) in [7, 11) is 0. The molecule has 0 aliphatic rings. The number of ether oxygens (including phenoxy) is 1. The fraction of sp³-hybridized carbons (Fsp3) is 0.300. The molecule has 0 aliphatic heterocycles. The Bertz CT molecular complexity index is 277. The standard InChI is InChI=1S/C10H12INO2/c11-12-10(13)6-7-14-8-9-4-2-1-3-5-9/h1-5H,6-8H2,(H,12,13). The van der Waals surface area contributed by atoms with Crippen LogP contribution in [0.3, 0.4) is 0 Å². The van der Waals surface area contributed by atoms with Gasteiger partial charge >= 0.3 is 0 Å². The van der Waals surface area contributed by atoms with Crippen LogP contribution in [0.5, 0.6) is 0 Å². The fourth-order valence-corrected chi connectivity index (χ4v) is 1.25. The summed E-state index contributed by atoms with van der Waals surface area (Å²) in [4.78, 5) is 10.8. The van der Waals surface area contributed by atoms with Gasteiger partial charge in [0.15, 0.2) is 0 Å². The van der Waals surface area contributed by atoms with Crippen molar-refractivity contribution in [3.05, 3.63) is 35.9 Å². The molecule has 0 unspecified atom stereocenters. The molecular weight excluding hydrogens is 293 g/mol. The molecule has 0 atom stereocenters. The molecular formula is C10H12INO2. The third-order valence-corrected chi connectivity index (χ3v) is 2.29. The van der Waals surface area contributed by atoms with Gasteiger partial charge in [-0.2, -0.15) is 0 Å². The molecule has 1 N–H and O–H groups in total. The van der Waals surface area contributed by atoms with Crippen molar-refractivity contribution >= 4 is 28.8 Å². The van der Waals surface area contributed by atoms with Gasteiger partial charge in [-0.25, -0.2) is 0 Å². The van der Waals surface area contributed by atoms with E-state index in [1.807, 2.05) is 53.2 Å². The van der Waals surface area contributed by atoms with Gasteiger partial charge in [0.05, 0.1) is 42.5 Å². The molecule has 1 aromatic rings. The minimum atomic E-state index is -0.00124. The van der Waals surface area contributed by atoms with Crippen LogP contribution in [0, 0.1) is 0 Å². The first-order valence-corrected chi connectivity index (χ1v) is 5.42. The third kappa shape index (κ3) is 4.57. The Kier molecular flexibility index (Phi) is 5.55. The van der Waals surface area contributed by atoms with Crippen LogP contribution in [0.15, 0.2) is 30.3 Å². The zero-order chi connectivity index (χ0) is 10.2. The van der Waals surface area contributed by atoms with Gasteiger partial charge in [0.25, 0.3) is 0 Å². The van der Waals surface area contributed by atoms with E-state index in [2.05, 4.69) is 3.53 Å². The van der Waals surface area contributed by atoms with Crippen molar-refractivity contribution in [1.82, 2.24) is 3.53 Å². The molecule has 0 spiro atoms. The van der Waals surface area contributed by atoms with Gasteiger partial charge in [-0.15, -0.1) is 0 Å². The van der Waals surface area contributed by atoms with E-state index in [1.165, 1.54) is 0 Å². The molecule has 0 aromatic heterocycles.